The molecular weight excluding hydrogens is 162 g/mol. The maximum atomic E-state index is 9.86. The minimum Gasteiger partial charge on any atom is -0.752 e. The number of isocyanates is 2. The highest BCUT2D eigenvalue weighted by Gasteiger charge is 1.94. The van der Waals surface area contributed by atoms with Gasteiger partial charge < -0.3 is 4.55 Å². The molecule has 0 aromatic rings. The van der Waals surface area contributed by atoms with Crippen LogP contribution in [0.25, 0.3) is 0 Å². The molecule has 0 radical (unpaired) electrons. The van der Waals surface area contributed by atoms with E-state index in [0.29, 0.717) is 0 Å². The molecule has 10 heavy (non-hydrogen) atoms. The molecule has 0 aromatic carbocycles. The Hall–Kier alpha value is -1.33. The van der Waals surface area contributed by atoms with E-state index in [4.69, 9.17) is 0 Å². The molecule has 1 unspecified atom stereocenters. The summed E-state index contributed by atoms with van der Waals surface area (Å²) in [5, 5.41) is 5.00. The van der Waals surface area contributed by atoms with E-state index in [1.165, 1.54) is 0 Å². The first-order valence-corrected chi connectivity index (χ1v) is 2.80. The molecule has 0 bridgehead atoms. The maximum absolute atomic E-state index is 9.86. The summed E-state index contributed by atoms with van der Waals surface area (Å²) in [6.45, 7) is 0. The predicted octanol–water partition coefficient (Wildman–Crippen LogP) is -1.42. The monoisotopic (exact) mass is 162 g/mol. The van der Waals surface area contributed by atoms with E-state index < -0.39 is 11.3 Å². The van der Waals surface area contributed by atoms with Crippen molar-refractivity contribution in [3.63, 3.8) is 0 Å². The highest BCUT2D eigenvalue weighted by atomic mass is 32.2. The van der Waals surface area contributed by atoms with Crippen LogP contribution in [-0.4, -0.2) is 25.4 Å². The van der Waals surface area contributed by atoms with Gasteiger partial charge in [-0.2, -0.15) is 0 Å². The molecule has 0 aliphatic rings. The summed E-state index contributed by atoms with van der Waals surface area (Å²) in [5.41, 5.74) is 0. The van der Waals surface area contributed by atoms with E-state index >= 15 is 0 Å². The molecule has 8 heteroatoms. The number of hydrazone groups is 2. The molecule has 1 atom stereocenters. The zero-order chi connectivity index (χ0) is 7.98. The van der Waals surface area contributed by atoms with Gasteiger partial charge >= 0.3 is 0 Å². The van der Waals surface area contributed by atoms with Crippen LogP contribution in [0.2, 0.25) is 0 Å². The molecule has 0 fully saturated rings. The zero-order valence-corrected chi connectivity index (χ0v) is 5.20. The molecule has 54 valence electrons. The Morgan fingerprint density at radius 2 is 1.70 bits per heavy atom. The van der Waals surface area contributed by atoms with Gasteiger partial charge in [0, 0.05) is 0 Å². The van der Waals surface area contributed by atoms with Crippen LogP contribution in [0.15, 0.2) is 10.2 Å². The van der Waals surface area contributed by atoms with Gasteiger partial charge in [0.2, 0.25) is 0 Å². The Morgan fingerprint density at radius 1 is 1.30 bits per heavy atom. The van der Waals surface area contributed by atoms with Crippen LogP contribution < -0.4 is 0 Å². The number of nitrogens with zero attached hydrogens (tertiary/aromatic N) is 3. The van der Waals surface area contributed by atoms with Crippen LogP contribution in [-0.2, 0) is 20.9 Å². The van der Waals surface area contributed by atoms with E-state index in [-0.39, 0.29) is 4.52 Å². The van der Waals surface area contributed by atoms with Gasteiger partial charge in [-0.1, -0.05) is 14.7 Å². The van der Waals surface area contributed by atoms with Crippen molar-refractivity contribution in [3.8, 4) is 0 Å². The fourth-order valence-corrected chi connectivity index (χ4v) is 0.359. The molecule has 0 saturated heterocycles. The van der Waals surface area contributed by atoms with Crippen LogP contribution in [0.3, 0.4) is 0 Å². The van der Waals surface area contributed by atoms with Crippen molar-refractivity contribution in [3.05, 3.63) is 0 Å². The quantitative estimate of drug-likeness (QED) is 0.220. The molecule has 0 amide bonds. The summed E-state index contributed by atoms with van der Waals surface area (Å²) < 4.78 is 19.6. The first-order valence-electron chi connectivity index (χ1n) is 1.77. The van der Waals surface area contributed by atoms with Crippen molar-refractivity contribution in [2.24, 2.45) is 10.2 Å². The molecule has 0 aromatic heterocycles. The predicted molar refractivity (Wildman–Crippen MR) is 27.0 cm³/mol. The molecule has 0 saturated carbocycles. The minimum atomic E-state index is -2.88. The van der Waals surface area contributed by atoms with Crippen molar-refractivity contribution in [2.45, 2.75) is 0 Å². The Labute approximate surface area is 57.4 Å². The molecular formula is C2N3O4S-. The molecule has 0 aliphatic heterocycles. The van der Waals surface area contributed by atoms with Gasteiger partial charge in [0.05, 0.1) is 11.3 Å². The van der Waals surface area contributed by atoms with E-state index in [1.54, 1.807) is 0 Å². The van der Waals surface area contributed by atoms with Gasteiger partial charge in [-0.25, -0.2) is 13.8 Å². The van der Waals surface area contributed by atoms with Gasteiger partial charge in [-0.3, -0.25) is 0 Å². The summed E-state index contributed by atoms with van der Waals surface area (Å²) in [7, 11) is 0. The summed E-state index contributed by atoms with van der Waals surface area (Å²) in [4.78, 5) is 18.8. The number of carbonyl (C=O) groups excluding carboxylic acids is 2. The average molecular weight is 162 g/mol. The smallest absolute Gasteiger partial charge is 0.260 e. The van der Waals surface area contributed by atoms with Crippen LogP contribution in [0.1, 0.15) is 0 Å². The third-order valence-corrected chi connectivity index (χ3v) is 0.816. The van der Waals surface area contributed by atoms with E-state index in [9.17, 15) is 18.4 Å². The Balaban J connectivity index is 4.40. The third-order valence-electron chi connectivity index (χ3n) is 0.386. The molecule has 0 rings (SSSR count). The molecule has 0 aliphatic carbocycles. The van der Waals surface area contributed by atoms with Gasteiger partial charge in [0.25, 0.3) is 12.2 Å². The lowest BCUT2D eigenvalue weighted by atomic mass is 11.6. The Bertz CT molecular complexity index is 206. The van der Waals surface area contributed by atoms with Crippen LogP contribution >= 0.6 is 0 Å². The van der Waals surface area contributed by atoms with Crippen LogP contribution in [0.4, 0.5) is 0 Å². The summed E-state index contributed by atoms with van der Waals surface area (Å²) in [5.74, 6) is 0. The molecule has 0 spiro atoms. The largest absolute Gasteiger partial charge is 0.752 e. The highest BCUT2D eigenvalue weighted by Crippen LogP contribution is 1.89. The summed E-state index contributed by atoms with van der Waals surface area (Å²) in [6, 6.07) is 0. The fraction of sp³-hybridized carbons (Fsp3) is 0. The molecule has 0 heterocycles. The normalized spacial score (nSPS) is 10.5. The van der Waals surface area contributed by atoms with Crippen molar-refractivity contribution in [1.29, 1.82) is 0 Å². The Morgan fingerprint density at radius 3 is 1.90 bits per heavy atom. The van der Waals surface area contributed by atoms with Gasteiger partial charge in [-0.15, -0.1) is 0 Å². The fourth-order valence-electron chi connectivity index (χ4n) is 0.159. The van der Waals surface area contributed by atoms with E-state index in [0.717, 1.165) is 12.2 Å². The number of hydrogen-bond donors (Lipinski definition) is 0. The zero-order valence-electron chi connectivity index (χ0n) is 4.38. The Kier molecular flexibility index (Phi) is 3.94. The van der Waals surface area contributed by atoms with Crippen molar-refractivity contribution >= 4 is 23.4 Å². The van der Waals surface area contributed by atoms with Crippen molar-refractivity contribution < 1.29 is 18.4 Å². The van der Waals surface area contributed by atoms with Gasteiger partial charge in [0.15, 0.2) is 0 Å². The maximum Gasteiger partial charge on any atom is 0.260 e. The standard InChI is InChI=1S/C2HN3O4S/c6-1-3-5(4-2-7)10(8)9/h(H,8,9)/p-1. The number of hydrogen-bond acceptors (Lipinski definition) is 6. The lowest BCUT2D eigenvalue weighted by molar-refractivity contribution is 0.408. The second kappa shape index (κ2) is 4.54. The van der Waals surface area contributed by atoms with Crippen LogP contribution in [0.5, 0.6) is 0 Å². The van der Waals surface area contributed by atoms with Gasteiger partial charge in [-0.05, 0) is 0 Å². The van der Waals surface area contributed by atoms with E-state index in [1.807, 2.05) is 0 Å². The lowest BCUT2D eigenvalue weighted by Gasteiger charge is -2.08. The number of rotatable bonds is 3. The highest BCUT2D eigenvalue weighted by molar-refractivity contribution is 7.76. The van der Waals surface area contributed by atoms with Crippen molar-refractivity contribution in [1.82, 2.24) is 4.52 Å². The van der Waals surface area contributed by atoms with E-state index in [2.05, 4.69) is 10.2 Å². The first-order chi connectivity index (χ1) is 4.72. The minimum absolute atomic E-state index is 0.153. The summed E-state index contributed by atoms with van der Waals surface area (Å²) >= 11 is -2.88. The SMILES string of the molecule is O=C=NN(N=C=O)S(=O)[O-]. The summed E-state index contributed by atoms with van der Waals surface area (Å²) in [6.07, 6.45) is 1.74. The molecule has 7 nitrogen and oxygen atoms in total. The molecule has 0 N–H and O–H groups in total. The average Bonchev–Trinajstić information content (AvgIpc) is 1.87. The van der Waals surface area contributed by atoms with Crippen LogP contribution in [0, 0.1) is 0 Å². The second-order valence-electron chi connectivity index (χ2n) is 0.852. The first kappa shape index (κ1) is 8.67. The third kappa shape index (κ3) is 2.85. The second-order valence-corrected chi connectivity index (χ2v) is 1.61. The van der Waals surface area contributed by atoms with Crippen molar-refractivity contribution in [2.75, 3.05) is 0 Å². The van der Waals surface area contributed by atoms with Gasteiger partial charge in [0.1, 0.15) is 0 Å². The topological polar surface area (TPSA) is 102 Å². The lowest BCUT2D eigenvalue weighted by Crippen LogP contribution is -2.11.